The van der Waals surface area contributed by atoms with Gasteiger partial charge in [-0.1, -0.05) is 23.7 Å². The highest BCUT2D eigenvalue weighted by Crippen LogP contribution is 2.54. The van der Waals surface area contributed by atoms with Gasteiger partial charge < -0.3 is 14.5 Å². The van der Waals surface area contributed by atoms with E-state index in [0.29, 0.717) is 28.6 Å². The van der Waals surface area contributed by atoms with E-state index >= 15 is 0 Å². The van der Waals surface area contributed by atoms with Crippen LogP contribution in [0.25, 0.3) is 0 Å². The predicted octanol–water partition coefficient (Wildman–Crippen LogP) is 3.40. The van der Waals surface area contributed by atoms with E-state index in [1.807, 2.05) is 0 Å². The number of rotatable bonds is 4. The Morgan fingerprint density at radius 1 is 1.29 bits per heavy atom. The van der Waals surface area contributed by atoms with Crippen molar-refractivity contribution in [2.24, 2.45) is 0 Å². The van der Waals surface area contributed by atoms with Gasteiger partial charge in [-0.25, -0.2) is 4.39 Å². The Kier molecular flexibility index (Phi) is 5.07. The summed E-state index contributed by atoms with van der Waals surface area (Å²) in [6, 6.07) is 11.3. The maximum atomic E-state index is 13.6. The molecule has 2 heterocycles. The third-order valence-electron chi connectivity index (χ3n) is 4.98. The number of carbonyl (C=O) groups is 2. The van der Waals surface area contributed by atoms with Gasteiger partial charge in [-0.15, -0.1) is 11.8 Å². The number of benzene rings is 2. The van der Waals surface area contributed by atoms with Crippen molar-refractivity contribution in [2.45, 2.75) is 11.4 Å². The lowest BCUT2D eigenvalue weighted by Gasteiger charge is -2.33. The van der Waals surface area contributed by atoms with E-state index in [1.54, 1.807) is 40.1 Å². The SMILES string of the molecule is COCC(=O)N1CCSC12C(=O)N(Cc1ccc(F)cc1)c1ccc(Cl)cc12. The zero-order valence-corrected chi connectivity index (χ0v) is 16.7. The molecule has 0 saturated carbocycles. The topological polar surface area (TPSA) is 49.9 Å². The Morgan fingerprint density at radius 3 is 2.75 bits per heavy atom. The monoisotopic (exact) mass is 420 g/mol. The second kappa shape index (κ2) is 7.39. The normalized spacial score (nSPS) is 20.9. The maximum absolute atomic E-state index is 13.6. The van der Waals surface area contributed by atoms with E-state index in [1.165, 1.54) is 31.0 Å². The molecule has 2 amide bonds. The molecule has 2 aromatic rings. The average Bonchev–Trinajstić information content (AvgIpc) is 3.21. The van der Waals surface area contributed by atoms with Gasteiger partial charge in [-0.2, -0.15) is 0 Å². The smallest absolute Gasteiger partial charge is 0.268 e. The molecule has 4 rings (SSSR count). The summed E-state index contributed by atoms with van der Waals surface area (Å²) in [6.07, 6.45) is 0. The highest BCUT2D eigenvalue weighted by molar-refractivity contribution is 8.01. The van der Waals surface area contributed by atoms with Crippen molar-refractivity contribution in [1.29, 1.82) is 0 Å². The number of anilines is 1. The van der Waals surface area contributed by atoms with E-state index in [0.717, 1.165) is 5.56 Å². The fraction of sp³-hybridized carbons (Fsp3) is 0.300. The van der Waals surface area contributed by atoms with E-state index in [4.69, 9.17) is 16.3 Å². The van der Waals surface area contributed by atoms with Crippen LogP contribution in [0.4, 0.5) is 10.1 Å². The Hall–Kier alpha value is -2.09. The van der Waals surface area contributed by atoms with Gasteiger partial charge in [-0.05, 0) is 35.9 Å². The minimum atomic E-state index is -1.14. The summed E-state index contributed by atoms with van der Waals surface area (Å²) in [4.78, 5) is 28.4. The first-order valence-electron chi connectivity index (χ1n) is 8.77. The van der Waals surface area contributed by atoms with E-state index in [2.05, 4.69) is 0 Å². The molecule has 0 radical (unpaired) electrons. The zero-order chi connectivity index (χ0) is 19.9. The first kappa shape index (κ1) is 19.2. The molecule has 28 heavy (non-hydrogen) atoms. The van der Waals surface area contributed by atoms with Crippen molar-refractivity contribution in [2.75, 3.05) is 30.9 Å². The highest BCUT2D eigenvalue weighted by atomic mass is 35.5. The summed E-state index contributed by atoms with van der Waals surface area (Å²) in [6.45, 7) is 0.640. The number of methoxy groups -OCH3 is 1. The first-order valence-corrected chi connectivity index (χ1v) is 10.1. The fourth-order valence-corrected chi connectivity index (χ4v) is 5.42. The number of carbonyl (C=O) groups excluding carboxylic acids is 2. The van der Waals surface area contributed by atoms with Crippen LogP contribution in [-0.2, 0) is 25.7 Å². The third-order valence-corrected chi connectivity index (χ3v) is 6.63. The number of ether oxygens (including phenoxy) is 1. The Labute approximate surface area is 171 Å². The summed E-state index contributed by atoms with van der Waals surface area (Å²) >= 11 is 7.67. The molecule has 0 aromatic heterocycles. The molecule has 1 saturated heterocycles. The number of halogens is 2. The summed E-state index contributed by atoms with van der Waals surface area (Å²) in [5, 5.41) is 0.501. The van der Waals surface area contributed by atoms with Gasteiger partial charge in [0.25, 0.3) is 5.91 Å². The number of hydrogen-bond donors (Lipinski definition) is 0. The molecule has 1 unspecified atom stereocenters. The van der Waals surface area contributed by atoms with Crippen LogP contribution in [0.5, 0.6) is 0 Å². The Balaban J connectivity index is 1.79. The minimum absolute atomic E-state index is 0.0938. The molecular weight excluding hydrogens is 403 g/mol. The number of amides is 2. The van der Waals surface area contributed by atoms with Crippen LogP contribution in [0.1, 0.15) is 11.1 Å². The number of hydrogen-bond acceptors (Lipinski definition) is 4. The molecule has 0 N–H and O–H groups in total. The second-order valence-electron chi connectivity index (χ2n) is 6.65. The molecule has 1 atom stereocenters. The predicted molar refractivity (Wildman–Crippen MR) is 107 cm³/mol. The molecule has 5 nitrogen and oxygen atoms in total. The molecular formula is C20H18ClFN2O3S. The van der Waals surface area contributed by atoms with E-state index in [9.17, 15) is 14.0 Å². The van der Waals surface area contributed by atoms with Crippen molar-refractivity contribution in [1.82, 2.24) is 4.90 Å². The van der Waals surface area contributed by atoms with Crippen LogP contribution < -0.4 is 4.90 Å². The van der Waals surface area contributed by atoms with Gasteiger partial charge in [0.15, 0.2) is 4.87 Å². The molecule has 2 aromatic carbocycles. The molecule has 8 heteroatoms. The molecule has 2 aliphatic rings. The quantitative estimate of drug-likeness (QED) is 0.760. The lowest BCUT2D eigenvalue weighted by molar-refractivity contribution is -0.143. The van der Waals surface area contributed by atoms with E-state index < -0.39 is 4.87 Å². The molecule has 1 spiro atoms. The average molecular weight is 421 g/mol. The zero-order valence-electron chi connectivity index (χ0n) is 15.2. The molecule has 0 bridgehead atoms. The Morgan fingerprint density at radius 2 is 2.04 bits per heavy atom. The molecule has 146 valence electrons. The van der Waals surface area contributed by atoms with Gasteiger partial charge in [0.05, 0.1) is 12.2 Å². The Bertz CT molecular complexity index is 940. The second-order valence-corrected chi connectivity index (χ2v) is 8.37. The minimum Gasteiger partial charge on any atom is -0.375 e. The standard InChI is InChI=1S/C20H18ClFN2O3S/c1-27-12-18(25)24-8-9-28-20(24)16-10-14(21)4-7-17(16)23(19(20)26)11-13-2-5-15(22)6-3-13/h2-7,10H,8-9,11-12H2,1H3. The van der Waals surface area contributed by atoms with Crippen molar-refractivity contribution >= 4 is 40.9 Å². The van der Waals surface area contributed by atoms with Crippen LogP contribution in [0, 0.1) is 5.82 Å². The van der Waals surface area contributed by atoms with Gasteiger partial charge in [0, 0.05) is 30.0 Å². The summed E-state index contributed by atoms with van der Waals surface area (Å²) in [7, 11) is 1.45. The fourth-order valence-electron chi connectivity index (χ4n) is 3.77. The summed E-state index contributed by atoms with van der Waals surface area (Å²) in [5.74, 6) is -0.128. The van der Waals surface area contributed by atoms with Gasteiger partial charge in [-0.3, -0.25) is 9.59 Å². The van der Waals surface area contributed by atoms with Crippen LogP contribution in [0.15, 0.2) is 42.5 Å². The highest BCUT2D eigenvalue weighted by Gasteiger charge is 2.59. The van der Waals surface area contributed by atoms with Crippen molar-refractivity contribution in [3.05, 3.63) is 64.4 Å². The number of nitrogens with zero attached hydrogens (tertiary/aromatic N) is 2. The van der Waals surface area contributed by atoms with Crippen LogP contribution in [-0.4, -0.2) is 42.7 Å². The lowest BCUT2D eigenvalue weighted by atomic mass is 10.1. The van der Waals surface area contributed by atoms with Crippen molar-refractivity contribution in [3.63, 3.8) is 0 Å². The van der Waals surface area contributed by atoms with Crippen molar-refractivity contribution < 1.29 is 18.7 Å². The van der Waals surface area contributed by atoms with Gasteiger partial charge in [0.2, 0.25) is 5.91 Å². The van der Waals surface area contributed by atoms with E-state index in [-0.39, 0.29) is 30.8 Å². The number of fused-ring (bicyclic) bond motifs is 2. The number of thioether (sulfide) groups is 1. The van der Waals surface area contributed by atoms with Crippen molar-refractivity contribution in [3.8, 4) is 0 Å². The van der Waals surface area contributed by atoms with Crippen LogP contribution >= 0.6 is 23.4 Å². The molecule has 2 aliphatic heterocycles. The summed E-state index contributed by atoms with van der Waals surface area (Å²) in [5.41, 5.74) is 2.22. The lowest BCUT2D eigenvalue weighted by Crippen LogP contribution is -2.51. The van der Waals surface area contributed by atoms with Crippen LogP contribution in [0.3, 0.4) is 0 Å². The first-order chi connectivity index (χ1) is 13.5. The summed E-state index contributed by atoms with van der Waals surface area (Å²) < 4.78 is 18.3. The van der Waals surface area contributed by atoms with Gasteiger partial charge in [0.1, 0.15) is 12.4 Å². The van der Waals surface area contributed by atoms with Crippen LogP contribution in [0.2, 0.25) is 5.02 Å². The maximum Gasteiger partial charge on any atom is 0.268 e. The molecule has 1 fully saturated rings. The largest absolute Gasteiger partial charge is 0.375 e. The van der Waals surface area contributed by atoms with Gasteiger partial charge >= 0.3 is 0 Å². The molecule has 0 aliphatic carbocycles. The third kappa shape index (κ3) is 2.98.